The molecule has 100 valence electrons. The molecule has 0 aromatic heterocycles. The smallest absolute Gasteiger partial charge is 0.0912 e. The van der Waals surface area contributed by atoms with Gasteiger partial charge in [0.15, 0.2) is 0 Å². The summed E-state index contributed by atoms with van der Waals surface area (Å²) in [6, 6.07) is 19.5. The Morgan fingerprint density at radius 3 is 2.05 bits per heavy atom. The van der Waals surface area contributed by atoms with Crippen molar-refractivity contribution in [2.75, 3.05) is 0 Å². The minimum atomic E-state index is -0.865. The molecule has 0 bridgehead atoms. The second-order valence-electron chi connectivity index (χ2n) is 4.97. The van der Waals surface area contributed by atoms with E-state index in [1.165, 1.54) is 0 Å². The predicted octanol–water partition coefficient (Wildman–Crippen LogP) is 3.37. The number of benzene rings is 2. The number of hydrogen-bond donors (Lipinski definition) is 2. The standard InChI is InChI=1S/C17H21NO/c1-2-17(19,15-11-7-4-8-12-15)13-16(18)14-9-5-3-6-10-14/h3-12,16,19H,2,13,18H2,1H3/t16-,17-/m0/s1. The lowest BCUT2D eigenvalue weighted by atomic mass is 9.83. The lowest BCUT2D eigenvalue weighted by molar-refractivity contribution is 0.0165. The maximum atomic E-state index is 10.8. The van der Waals surface area contributed by atoms with Crippen LogP contribution in [0.4, 0.5) is 0 Å². The van der Waals surface area contributed by atoms with Crippen molar-refractivity contribution in [1.82, 2.24) is 0 Å². The van der Waals surface area contributed by atoms with Crippen molar-refractivity contribution in [2.45, 2.75) is 31.4 Å². The van der Waals surface area contributed by atoms with E-state index in [1.54, 1.807) is 0 Å². The molecule has 0 amide bonds. The predicted molar refractivity (Wildman–Crippen MR) is 78.6 cm³/mol. The van der Waals surface area contributed by atoms with E-state index in [9.17, 15) is 5.11 Å². The first-order valence-corrected chi connectivity index (χ1v) is 6.74. The second kappa shape index (κ2) is 6.00. The Kier molecular flexibility index (Phi) is 4.35. The van der Waals surface area contributed by atoms with Gasteiger partial charge in [0.1, 0.15) is 0 Å². The van der Waals surface area contributed by atoms with E-state index in [0.29, 0.717) is 12.8 Å². The molecule has 2 rings (SSSR count). The Bertz CT molecular complexity index is 497. The second-order valence-corrected chi connectivity index (χ2v) is 4.97. The van der Waals surface area contributed by atoms with Crippen molar-refractivity contribution >= 4 is 0 Å². The third kappa shape index (κ3) is 3.22. The summed E-state index contributed by atoms with van der Waals surface area (Å²) >= 11 is 0. The van der Waals surface area contributed by atoms with Gasteiger partial charge in [-0.2, -0.15) is 0 Å². The Labute approximate surface area is 114 Å². The summed E-state index contributed by atoms with van der Waals surface area (Å²) in [4.78, 5) is 0. The van der Waals surface area contributed by atoms with Gasteiger partial charge in [0, 0.05) is 6.04 Å². The minimum absolute atomic E-state index is 0.161. The van der Waals surface area contributed by atoms with Crippen LogP contribution in [0.25, 0.3) is 0 Å². The van der Waals surface area contributed by atoms with Crippen LogP contribution in [0.3, 0.4) is 0 Å². The molecule has 0 spiro atoms. The summed E-state index contributed by atoms with van der Waals surface area (Å²) in [6.45, 7) is 1.99. The van der Waals surface area contributed by atoms with Crippen molar-refractivity contribution in [3.8, 4) is 0 Å². The van der Waals surface area contributed by atoms with E-state index in [-0.39, 0.29) is 6.04 Å². The van der Waals surface area contributed by atoms with E-state index in [1.807, 2.05) is 67.6 Å². The average Bonchev–Trinajstić information content (AvgIpc) is 2.49. The summed E-state index contributed by atoms with van der Waals surface area (Å²) in [5.41, 5.74) is 7.36. The third-order valence-corrected chi connectivity index (χ3v) is 3.68. The molecule has 3 N–H and O–H groups in total. The van der Waals surface area contributed by atoms with Crippen LogP contribution in [0, 0.1) is 0 Å². The van der Waals surface area contributed by atoms with Gasteiger partial charge in [-0.3, -0.25) is 0 Å². The zero-order valence-corrected chi connectivity index (χ0v) is 11.3. The minimum Gasteiger partial charge on any atom is -0.385 e. The zero-order valence-electron chi connectivity index (χ0n) is 11.3. The van der Waals surface area contributed by atoms with Gasteiger partial charge < -0.3 is 10.8 Å². The molecule has 19 heavy (non-hydrogen) atoms. The van der Waals surface area contributed by atoms with Crippen LogP contribution in [0.5, 0.6) is 0 Å². The summed E-state index contributed by atoms with van der Waals surface area (Å²) < 4.78 is 0. The summed E-state index contributed by atoms with van der Waals surface area (Å²) in [6.07, 6.45) is 1.18. The molecule has 2 nitrogen and oxygen atoms in total. The average molecular weight is 255 g/mol. The monoisotopic (exact) mass is 255 g/mol. The zero-order chi connectivity index (χ0) is 13.7. The third-order valence-electron chi connectivity index (χ3n) is 3.68. The highest BCUT2D eigenvalue weighted by atomic mass is 16.3. The van der Waals surface area contributed by atoms with E-state index in [0.717, 1.165) is 11.1 Å². The highest BCUT2D eigenvalue weighted by Crippen LogP contribution is 2.33. The van der Waals surface area contributed by atoms with Gasteiger partial charge in [0.2, 0.25) is 0 Å². The van der Waals surface area contributed by atoms with Crippen molar-refractivity contribution in [3.05, 3.63) is 71.8 Å². The summed E-state index contributed by atoms with van der Waals surface area (Å²) in [7, 11) is 0. The van der Waals surface area contributed by atoms with E-state index < -0.39 is 5.60 Å². The van der Waals surface area contributed by atoms with Gasteiger partial charge in [-0.1, -0.05) is 67.6 Å². The normalized spacial score (nSPS) is 15.7. The van der Waals surface area contributed by atoms with Crippen molar-refractivity contribution in [1.29, 1.82) is 0 Å². The molecular formula is C17H21NO. The Morgan fingerprint density at radius 1 is 1.00 bits per heavy atom. The number of rotatable bonds is 5. The van der Waals surface area contributed by atoms with Crippen molar-refractivity contribution in [3.63, 3.8) is 0 Å². The first kappa shape index (κ1) is 13.8. The van der Waals surface area contributed by atoms with Crippen LogP contribution in [0.1, 0.15) is 36.9 Å². The van der Waals surface area contributed by atoms with Gasteiger partial charge in [0.25, 0.3) is 0 Å². The topological polar surface area (TPSA) is 46.2 Å². The molecule has 0 aliphatic heterocycles. The molecule has 2 aromatic rings. The molecule has 0 aliphatic rings. The first-order valence-electron chi connectivity index (χ1n) is 6.74. The maximum absolute atomic E-state index is 10.8. The first-order chi connectivity index (χ1) is 9.15. The molecule has 0 saturated heterocycles. The molecule has 0 heterocycles. The fourth-order valence-electron chi connectivity index (χ4n) is 2.40. The summed E-state index contributed by atoms with van der Waals surface area (Å²) in [5, 5.41) is 10.8. The molecule has 2 heteroatoms. The molecule has 0 fully saturated rings. The SMILES string of the molecule is CC[C@](O)(C[C@H](N)c1ccccc1)c1ccccc1. The van der Waals surface area contributed by atoms with Gasteiger partial charge in [0.05, 0.1) is 5.60 Å². The van der Waals surface area contributed by atoms with Crippen molar-refractivity contribution < 1.29 is 5.11 Å². The van der Waals surface area contributed by atoms with Crippen LogP contribution in [-0.2, 0) is 5.60 Å². The van der Waals surface area contributed by atoms with Crippen molar-refractivity contribution in [2.24, 2.45) is 5.73 Å². The molecule has 0 unspecified atom stereocenters. The lowest BCUT2D eigenvalue weighted by Gasteiger charge is -2.30. The van der Waals surface area contributed by atoms with Gasteiger partial charge >= 0.3 is 0 Å². The highest BCUT2D eigenvalue weighted by molar-refractivity contribution is 5.25. The van der Waals surface area contributed by atoms with Gasteiger partial charge in [-0.15, -0.1) is 0 Å². The Hall–Kier alpha value is -1.64. The number of hydrogen-bond acceptors (Lipinski definition) is 2. The molecule has 2 aromatic carbocycles. The van der Waals surface area contributed by atoms with Crippen LogP contribution in [0.15, 0.2) is 60.7 Å². The largest absolute Gasteiger partial charge is 0.385 e. The van der Waals surface area contributed by atoms with E-state index in [2.05, 4.69) is 0 Å². The Balaban J connectivity index is 2.20. The fourth-order valence-corrected chi connectivity index (χ4v) is 2.40. The van der Waals surface area contributed by atoms with Crippen LogP contribution in [0.2, 0.25) is 0 Å². The quantitative estimate of drug-likeness (QED) is 0.860. The summed E-state index contributed by atoms with van der Waals surface area (Å²) in [5.74, 6) is 0. The number of aliphatic hydroxyl groups is 1. The van der Waals surface area contributed by atoms with Crippen LogP contribution < -0.4 is 5.73 Å². The van der Waals surface area contributed by atoms with Gasteiger partial charge in [-0.05, 0) is 24.0 Å². The van der Waals surface area contributed by atoms with E-state index >= 15 is 0 Å². The molecule has 0 aliphatic carbocycles. The molecule has 0 radical (unpaired) electrons. The van der Waals surface area contributed by atoms with E-state index in [4.69, 9.17) is 5.73 Å². The van der Waals surface area contributed by atoms with Crippen LogP contribution >= 0.6 is 0 Å². The molecular weight excluding hydrogens is 234 g/mol. The number of nitrogens with two attached hydrogens (primary N) is 1. The highest BCUT2D eigenvalue weighted by Gasteiger charge is 2.29. The molecule has 0 saturated carbocycles. The fraction of sp³-hybridized carbons (Fsp3) is 0.294. The molecule has 2 atom stereocenters. The maximum Gasteiger partial charge on any atom is 0.0912 e. The lowest BCUT2D eigenvalue weighted by Crippen LogP contribution is -2.30. The van der Waals surface area contributed by atoms with Crippen LogP contribution in [-0.4, -0.2) is 5.11 Å². The Morgan fingerprint density at radius 2 is 1.53 bits per heavy atom. The van der Waals surface area contributed by atoms with Gasteiger partial charge in [-0.25, -0.2) is 0 Å².